The maximum absolute atomic E-state index is 5.47. The predicted octanol–water partition coefficient (Wildman–Crippen LogP) is 3.01. The lowest BCUT2D eigenvalue weighted by Gasteiger charge is -2.08. The first kappa shape index (κ1) is 13.0. The normalized spacial score (nSPS) is 10.8. The molecule has 0 unspecified atom stereocenters. The van der Waals surface area contributed by atoms with Crippen molar-refractivity contribution in [3.8, 4) is 0 Å². The summed E-state index contributed by atoms with van der Waals surface area (Å²) in [6.07, 6.45) is 4.43. The fraction of sp³-hybridized carbons (Fsp3) is 0.615. The number of anilines is 1. The summed E-state index contributed by atoms with van der Waals surface area (Å²) < 4.78 is 5.47. The molecule has 1 aromatic heterocycles. The zero-order chi connectivity index (χ0) is 11.8. The van der Waals surface area contributed by atoms with E-state index in [0.29, 0.717) is 6.10 Å². The van der Waals surface area contributed by atoms with Crippen LogP contribution in [0.4, 0.5) is 5.82 Å². The molecule has 0 aliphatic heterocycles. The molecule has 1 aromatic rings. The molecule has 0 aliphatic carbocycles. The van der Waals surface area contributed by atoms with Gasteiger partial charge in [0.2, 0.25) is 0 Å². The Labute approximate surface area is 98.2 Å². The van der Waals surface area contributed by atoms with Crippen LogP contribution in [-0.4, -0.2) is 24.2 Å². The fourth-order valence-electron chi connectivity index (χ4n) is 1.33. The molecule has 0 saturated heterocycles. The van der Waals surface area contributed by atoms with Gasteiger partial charge in [0.25, 0.3) is 0 Å². The van der Waals surface area contributed by atoms with E-state index in [4.69, 9.17) is 4.74 Å². The summed E-state index contributed by atoms with van der Waals surface area (Å²) in [6, 6.07) is 4.08. The van der Waals surface area contributed by atoms with Crippen LogP contribution in [0.3, 0.4) is 0 Å². The molecule has 0 aliphatic rings. The number of unbranched alkanes of at least 4 members (excludes halogenated alkanes) is 1. The monoisotopic (exact) mass is 222 g/mol. The van der Waals surface area contributed by atoms with Crippen molar-refractivity contribution in [2.45, 2.75) is 39.7 Å². The van der Waals surface area contributed by atoms with E-state index in [9.17, 15) is 0 Å². The Morgan fingerprint density at radius 2 is 2.12 bits per heavy atom. The van der Waals surface area contributed by atoms with Gasteiger partial charge in [-0.2, -0.15) is 0 Å². The van der Waals surface area contributed by atoms with Crippen molar-refractivity contribution >= 4 is 5.82 Å². The number of aryl methyl sites for hydroxylation is 1. The summed E-state index contributed by atoms with van der Waals surface area (Å²) in [7, 11) is 0. The van der Waals surface area contributed by atoms with Crippen LogP contribution in [0.25, 0.3) is 0 Å². The van der Waals surface area contributed by atoms with Crippen molar-refractivity contribution in [2.75, 3.05) is 18.5 Å². The van der Waals surface area contributed by atoms with Gasteiger partial charge in [-0.05, 0) is 45.2 Å². The van der Waals surface area contributed by atoms with Crippen molar-refractivity contribution in [3.05, 3.63) is 23.9 Å². The average Bonchev–Trinajstić information content (AvgIpc) is 2.25. The van der Waals surface area contributed by atoms with Crippen LogP contribution in [0, 0.1) is 6.92 Å². The van der Waals surface area contributed by atoms with Gasteiger partial charge < -0.3 is 10.1 Å². The maximum atomic E-state index is 5.47. The number of nitrogens with zero attached hydrogens (tertiary/aromatic N) is 1. The first-order valence-electron chi connectivity index (χ1n) is 5.96. The fourth-order valence-corrected chi connectivity index (χ4v) is 1.33. The van der Waals surface area contributed by atoms with Gasteiger partial charge in [0.15, 0.2) is 0 Å². The molecule has 0 saturated carbocycles. The number of hydrogen-bond acceptors (Lipinski definition) is 3. The summed E-state index contributed by atoms with van der Waals surface area (Å²) in [4.78, 5) is 4.28. The van der Waals surface area contributed by atoms with Crippen LogP contribution in [0.1, 0.15) is 32.3 Å². The van der Waals surface area contributed by atoms with E-state index >= 15 is 0 Å². The third-order valence-electron chi connectivity index (χ3n) is 2.24. The van der Waals surface area contributed by atoms with Gasteiger partial charge in [-0.3, -0.25) is 0 Å². The Kier molecular flexibility index (Phi) is 5.86. The highest BCUT2D eigenvalue weighted by Gasteiger charge is 1.95. The van der Waals surface area contributed by atoms with E-state index < -0.39 is 0 Å². The van der Waals surface area contributed by atoms with Crippen LogP contribution in [-0.2, 0) is 4.74 Å². The van der Waals surface area contributed by atoms with E-state index in [1.165, 1.54) is 5.56 Å². The van der Waals surface area contributed by atoms with Crippen molar-refractivity contribution in [1.29, 1.82) is 0 Å². The minimum Gasteiger partial charge on any atom is -0.379 e. The SMILES string of the molecule is Cc1ccc(NCCCCOC(C)C)nc1. The Balaban J connectivity index is 2.05. The molecule has 0 atom stereocenters. The minimum absolute atomic E-state index is 0.340. The molecule has 1 N–H and O–H groups in total. The lowest BCUT2D eigenvalue weighted by atomic mass is 10.3. The van der Waals surface area contributed by atoms with E-state index in [1.807, 2.05) is 19.2 Å². The molecule has 0 fully saturated rings. The third-order valence-corrected chi connectivity index (χ3v) is 2.24. The smallest absolute Gasteiger partial charge is 0.125 e. The molecule has 0 spiro atoms. The molecule has 1 rings (SSSR count). The highest BCUT2D eigenvalue weighted by molar-refractivity contribution is 5.34. The van der Waals surface area contributed by atoms with Crippen LogP contribution in [0.5, 0.6) is 0 Å². The molecule has 3 heteroatoms. The Hall–Kier alpha value is -1.09. The highest BCUT2D eigenvalue weighted by Crippen LogP contribution is 2.04. The number of nitrogens with one attached hydrogen (secondary N) is 1. The quantitative estimate of drug-likeness (QED) is 0.720. The molecule has 3 nitrogen and oxygen atoms in total. The highest BCUT2D eigenvalue weighted by atomic mass is 16.5. The van der Waals surface area contributed by atoms with E-state index in [2.05, 4.69) is 30.2 Å². The van der Waals surface area contributed by atoms with Gasteiger partial charge in [0, 0.05) is 19.3 Å². The molecular formula is C13H22N2O. The molecule has 90 valence electrons. The molecule has 16 heavy (non-hydrogen) atoms. The van der Waals surface area contributed by atoms with Crippen LogP contribution < -0.4 is 5.32 Å². The Bertz CT molecular complexity index is 282. The number of rotatable bonds is 7. The van der Waals surface area contributed by atoms with E-state index in [0.717, 1.165) is 31.8 Å². The predicted molar refractivity (Wildman–Crippen MR) is 67.8 cm³/mol. The van der Waals surface area contributed by atoms with Crippen molar-refractivity contribution < 1.29 is 4.74 Å². The molecule has 0 bridgehead atoms. The van der Waals surface area contributed by atoms with Gasteiger partial charge in [-0.25, -0.2) is 4.98 Å². The van der Waals surface area contributed by atoms with Gasteiger partial charge in [0.05, 0.1) is 6.10 Å². The number of ether oxygens (including phenoxy) is 1. The second kappa shape index (κ2) is 7.23. The second-order valence-corrected chi connectivity index (χ2v) is 4.27. The summed E-state index contributed by atoms with van der Waals surface area (Å²) in [6.45, 7) is 7.97. The average molecular weight is 222 g/mol. The zero-order valence-corrected chi connectivity index (χ0v) is 10.5. The van der Waals surface area contributed by atoms with Gasteiger partial charge in [-0.1, -0.05) is 6.07 Å². The largest absolute Gasteiger partial charge is 0.379 e. The number of hydrogen-bond donors (Lipinski definition) is 1. The van der Waals surface area contributed by atoms with Crippen LogP contribution in [0.15, 0.2) is 18.3 Å². The Morgan fingerprint density at radius 1 is 1.31 bits per heavy atom. The lowest BCUT2D eigenvalue weighted by molar-refractivity contribution is 0.0765. The minimum atomic E-state index is 0.340. The summed E-state index contributed by atoms with van der Waals surface area (Å²) in [5.74, 6) is 0.954. The molecule has 0 amide bonds. The van der Waals surface area contributed by atoms with Crippen molar-refractivity contribution in [2.24, 2.45) is 0 Å². The summed E-state index contributed by atoms with van der Waals surface area (Å²) in [5, 5.41) is 3.29. The van der Waals surface area contributed by atoms with Crippen LogP contribution >= 0.6 is 0 Å². The molecule has 0 aromatic carbocycles. The van der Waals surface area contributed by atoms with E-state index in [1.54, 1.807) is 0 Å². The standard InChI is InChI=1S/C13H22N2O/c1-11(2)16-9-5-4-8-14-13-7-6-12(3)10-15-13/h6-7,10-11H,4-5,8-9H2,1-3H3,(H,14,15). The topological polar surface area (TPSA) is 34.1 Å². The molecule has 0 radical (unpaired) electrons. The zero-order valence-electron chi connectivity index (χ0n) is 10.5. The van der Waals surface area contributed by atoms with Gasteiger partial charge in [0.1, 0.15) is 5.82 Å². The second-order valence-electron chi connectivity index (χ2n) is 4.27. The molecular weight excluding hydrogens is 200 g/mol. The maximum Gasteiger partial charge on any atom is 0.125 e. The van der Waals surface area contributed by atoms with Gasteiger partial charge in [-0.15, -0.1) is 0 Å². The number of pyridine rings is 1. The first-order valence-corrected chi connectivity index (χ1v) is 5.96. The third kappa shape index (κ3) is 5.71. The van der Waals surface area contributed by atoms with Crippen LogP contribution in [0.2, 0.25) is 0 Å². The van der Waals surface area contributed by atoms with Crippen molar-refractivity contribution in [3.63, 3.8) is 0 Å². The van der Waals surface area contributed by atoms with Gasteiger partial charge >= 0.3 is 0 Å². The summed E-state index contributed by atoms with van der Waals surface area (Å²) >= 11 is 0. The van der Waals surface area contributed by atoms with E-state index in [-0.39, 0.29) is 0 Å². The van der Waals surface area contributed by atoms with Crippen molar-refractivity contribution in [1.82, 2.24) is 4.98 Å². The lowest BCUT2D eigenvalue weighted by Crippen LogP contribution is -2.07. The number of aromatic nitrogens is 1. The molecule has 1 heterocycles. The first-order chi connectivity index (χ1) is 7.68. The summed E-state index contributed by atoms with van der Waals surface area (Å²) in [5.41, 5.74) is 1.19. The Morgan fingerprint density at radius 3 is 2.75 bits per heavy atom.